The van der Waals surface area contributed by atoms with Crippen LogP contribution in [0.15, 0.2) is 18.3 Å². The van der Waals surface area contributed by atoms with Crippen molar-refractivity contribution in [2.75, 3.05) is 13.1 Å². The fourth-order valence-electron chi connectivity index (χ4n) is 3.06. The molecule has 1 aliphatic heterocycles. The lowest BCUT2D eigenvalue weighted by atomic mass is 9.97. The first kappa shape index (κ1) is 14.5. The molecular formula is C16H27N3. The van der Waals surface area contributed by atoms with Crippen LogP contribution in [0.1, 0.15) is 44.9 Å². The molecule has 0 radical (unpaired) electrons. The Morgan fingerprint density at radius 3 is 2.95 bits per heavy atom. The number of hydrogen-bond donors (Lipinski definition) is 1. The van der Waals surface area contributed by atoms with Crippen molar-refractivity contribution >= 4 is 0 Å². The highest BCUT2D eigenvalue weighted by molar-refractivity contribution is 5.19. The fourth-order valence-corrected chi connectivity index (χ4v) is 3.06. The van der Waals surface area contributed by atoms with Crippen molar-refractivity contribution in [1.82, 2.24) is 15.2 Å². The predicted molar refractivity (Wildman–Crippen MR) is 80.2 cm³/mol. The largest absolute Gasteiger partial charge is 0.314 e. The molecule has 2 rings (SSSR count). The summed E-state index contributed by atoms with van der Waals surface area (Å²) in [5.41, 5.74) is 2.65. The van der Waals surface area contributed by atoms with Gasteiger partial charge in [0.25, 0.3) is 0 Å². The van der Waals surface area contributed by atoms with Crippen molar-refractivity contribution in [1.29, 1.82) is 0 Å². The number of aromatic nitrogens is 1. The van der Waals surface area contributed by atoms with Crippen LogP contribution >= 0.6 is 0 Å². The monoisotopic (exact) mass is 261 g/mol. The number of aryl methyl sites for hydroxylation is 1. The summed E-state index contributed by atoms with van der Waals surface area (Å²) in [6.45, 7) is 10.0. The van der Waals surface area contributed by atoms with Crippen LogP contribution in [0.4, 0.5) is 0 Å². The number of piperidine rings is 1. The van der Waals surface area contributed by atoms with Crippen molar-refractivity contribution in [2.45, 2.75) is 58.7 Å². The maximum atomic E-state index is 4.58. The van der Waals surface area contributed by atoms with Crippen molar-refractivity contribution in [2.24, 2.45) is 0 Å². The van der Waals surface area contributed by atoms with Gasteiger partial charge in [-0.2, -0.15) is 0 Å². The smallest absolute Gasteiger partial charge is 0.0575 e. The number of likely N-dealkylation sites (tertiary alicyclic amines) is 1. The molecule has 2 unspecified atom stereocenters. The highest BCUT2D eigenvalue weighted by Gasteiger charge is 2.25. The number of hydrogen-bond acceptors (Lipinski definition) is 3. The van der Waals surface area contributed by atoms with Crippen molar-refractivity contribution in [3.63, 3.8) is 0 Å². The molecule has 0 bridgehead atoms. The van der Waals surface area contributed by atoms with E-state index in [4.69, 9.17) is 0 Å². The molecule has 1 aliphatic rings. The summed E-state index contributed by atoms with van der Waals surface area (Å²) in [5, 5.41) is 3.58. The zero-order valence-electron chi connectivity index (χ0n) is 12.5. The molecule has 1 aromatic heterocycles. The van der Waals surface area contributed by atoms with Gasteiger partial charge in [-0.3, -0.25) is 9.88 Å². The lowest BCUT2D eigenvalue weighted by Crippen LogP contribution is -2.47. The Morgan fingerprint density at radius 1 is 1.42 bits per heavy atom. The fraction of sp³-hybridized carbons (Fsp3) is 0.688. The molecule has 0 saturated carbocycles. The van der Waals surface area contributed by atoms with E-state index in [1.165, 1.54) is 30.6 Å². The van der Waals surface area contributed by atoms with E-state index in [9.17, 15) is 0 Å². The topological polar surface area (TPSA) is 28.2 Å². The van der Waals surface area contributed by atoms with Crippen LogP contribution in [0.5, 0.6) is 0 Å². The summed E-state index contributed by atoms with van der Waals surface area (Å²) in [4.78, 5) is 7.15. The highest BCUT2D eigenvalue weighted by Crippen LogP contribution is 2.20. The van der Waals surface area contributed by atoms with Crippen molar-refractivity contribution in [3.05, 3.63) is 29.6 Å². The molecule has 1 fully saturated rings. The molecule has 1 saturated heterocycles. The van der Waals surface area contributed by atoms with Gasteiger partial charge in [0.2, 0.25) is 0 Å². The molecule has 0 amide bonds. The molecular weight excluding hydrogens is 234 g/mol. The molecule has 2 heterocycles. The van der Waals surface area contributed by atoms with E-state index in [0.29, 0.717) is 12.1 Å². The number of rotatable bonds is 5. The van der Waals surface area contributed by atoms with E-state index in [0.717, 1.165) is 19.5 Å². The SMILES string of the molecule is CCNC1CCN(Cc2ncccc2CC)C(C)C1. The Hall–Kier alpha value is -0.930. The van der Waals surface area contributed by atoms with E-state index in [2.05, 4.69) is 42.0 Å². The summed E-state index contributed by atoms with van der Waals surface area (Å²) < 4.78 is 0. The third kappa shape index (κ3) is 3.77. The quantitative estimate of drug-likeness (QED) is 0.883. The minimum atomic E-state index is 0.643. The van der Waals surface area contributed by atoms with Gasteiger partial charge in [-0.05, 0) is 44.4 Å². The van der Waals surface area contributed by atoms with Gasteiger partial charge in [0, 0.05) is 31.4 Å². The number of pyridine rings is 1. The first-order valence-electron chi connectivity index (χ1n) is 7.64. The first-order chi connectivity index (χ1) is 9.24. The summed E-state index contributed by atoms with van der Waals surface area (Å²) in [5.74, 6) is 0. The van der Waals surface area contributed by atoms with Crippen LogP contribution in [0, 0.1) is 0 Å². The van der Waals surface area contributed by atoms with E-state index in [1.807, 2.05) is 12.3 Å². The van der Waals surface area contributed by atoms with Crippen molar-refractivity contribution in [3.8, 4) is 0 Å². The Balaban J connectivity index is 1.96. The van der Waals surface area contributed by atoms with Crippen LogP contribution < -0.4 is 5.32 Å². The summed E-state index contributed by atoms with van der Waals surface area (Å²) in [7, 11) is 0. The average molecular weight is 261 g/mol. The lowest BCUT2D eigenvalue weighted by Gasteiger charge is -2.38. The Labute approximate surface area is 117 Å². The van der Waals surface area contributed by atoms with Crippen LogP contribution in [0.2, 0.25) is 0 Å². The standard InChI is InChI=1S/C16H27N3/c1-4-14-7-6-9-18-16(14)12-19-10-8-15(17-5-2)11-13(19)3/h6-7,9,13,15,17H,4-5,8,10-12H2,1-3H3. The van der Waals surface area contributed by atoms with E-state index in [-0.39, 0.29) is 0 Å². The van der Waals surface area contributed by atoms with Crippen LogP contribution in [-0.2, 0) is 13.0 Å². The van der Waals surface area contributed by atoms with Gasteiger partial charge in [0.15, 0.2) is 0 Å². The molecule has 0 aromatic carbocycles. The van der Waals surface area contributed by atoms with Crippen LogP contribution in [0.25, 0.3) is 0 Å². The lowest BCUT2D eigenvalue weighted by molar-refractivity contribution is 0.127. The molecule has 19 heavy (non-hydrogen) atoms. The maximum absolute atomic E-state index is 4.58. The van der Waals surface area contributed by atoms with Gasteiger partial charge >= 0.3 is 0 Å². The second-order valence-corrected chi connectivity index (χ2v) is 5.56. The molecule has 1 aromatic rings. The first-order valence-corrected chi connectivity index (χ1v) is 7.64. The van der Waals surface area contributed by atoms with Gasteiger partial charge in [0.05, 0.1) is 5.69 Å². The van der Waals surface area contributed by atoms with Crippen molar-refractivity contribution < 1.29 is 0 Å². The van der Waals surface area contributed by atoms with E-state index < -0.39 is 0 Å². The number of nitrogens with zero attached hydrogens (tertiary/aromatic N) is 2. The Morgan fingerprint density at radius 2 is 2.26 bits per heavy atom. The second-order valence-electron chi connectivity index (χ2n) is 5.56. The minimum absolute atomic E-state index is 0.643. The zero-order valence-corrected chi connectivity index (χ0v) is 12.5. The summed E-state index contributed by atoms with van der Waals surface area (Å²) in [6, 6.07) is 5.59. The maximum Gasteiger partial charge on any atom is 0.0575 e. The van der Waals surface area contributed by atoms with Gasteiger partial charge in [0.1, 0.15) is 0 Å². The molecule has 3 nitrogen and oxygen atoms in total. The summed E-state index contributed by atoms with van der Waals surface area (Å²) in [6.07, 6.45) is 5.50. The Kier molecular flexibility index (Phi) is 5.34. The molecule has 2 atom stereocenters. The number of nitrogens with one attached hydrogen (secondary N) is 1. The zero-order chi connectivity index (χ0) is 13.7. The minimum Gasteiger partial charge on any atom is -0.314 e. The summed E-state index contributed by atoms with van der Waals surface area (Å²) >= 11 is 0. The molecule has 1 N–H and O–H groups in total. The predicted octanol–water partition coefficient (Wildman–Crippen LogP) is 2.61. The second kappa shape index (κ2) is 7.01. The van der Waals surface area contributed by atoms with Crippen LogP contribution in [0.3, 0.4) is 0 Å². The molecule has 106 valence electrons. The normalized spacial score (nSPS) is 24.6. The Bertz CT molecular complexity index is 391. The highest BCUT2D eigenvalue weighted by atomic mass is 15.2. The van der Waals surface area contributed by atoms with E-state index in [1.54, 1.807) is 0 Å². The van der Waals surface area contributed by atoms with Crippen LogP contribution in [-0.4, -0.2) is 35.1 Å². The molecule has 0 spiro atoms. The van der Waals surface area contributed by atoms with Gasteiger partial charge in [-0.25, -0.2) is 0 Å². The van der Waals surface area contributed by atoms with E-state index >= 15 is 0 Å². The van der Waals surface area contributed by atoms with Gasteiger partial charge in [-0.1, -0.05) is 19.9 Å². The third-order valence-electron chi connectivity index (χ3n) is 4.22. The van der Waals surface area contributed by atoms with Gasteiger partial charge in [-0.15, -0.1) is 0 Å². The van der Waals surface area contributed by atoms with Gasteiger partial charge < -0.3 is 5.32 Å². The average Bonchev–Trinajstić information content (AvgIpc) is 2.43. The molecule has 3 heteroatoms. The molecule has 0 aliphatic carbocycles. The third-order valence-corrected chi connectivity index (χ3v) is 4.22.